The summed E-state index contributed by atoms with van der Waals surface area (Å²) in [5.74, 6) is 0.803. The van der Waals surface area contributed by atoms with E-state index in [1.54, 1.807) is 29.2 Å². The Labute approximate surface area is 169 Å². The second kappa shape index (κ2) is 7.13. The van der Waals surface area contributed by atoms with Gasteiger partial charge in [-0.05, 0) is 55.3 Å². The Morgan fingerprint density at radius 1 is 1.14 bits per heavy atom. The van der Waals surface area contributed by atoms with Crippen molar-refractivity contribution >= 4 is 29.1 Å². The zero-order valence-corrected chi connectivity index (χ0v) is 16.8. The maximum Gasteiger partial charge on any atom is 0.321 e. The molecule has 1 spiro atoms. The number of hydrogen-bond donors (Lipinski definition) is 1. The number of piperidine rings is 1. The van der Waals surface area contributed by atoms with Crippen molar-refractivity contribution in [2.75, 3.05) is 18.4 Å². The number of amides is 2. The average molecular weight is 399 g/mol. The highest BCUT2D eigenvalue weighted by Gasteiger charge is 2.43. The van der Waals surface area contributed by atoms with Crippen molar-refractivity contribution in [1.82, 2.24) is 4.90 Å². The van der Waals surface area contributed by atoms with Crippen LogP contribution in [0, 0.1) is 13.8 Å². The van der Waals surface area contributed by atoms with Gasteiger partial charge in [-0.15, -0.1) is 0 Å². The number of ether oxygens (including phenoxy) is 1. The van der Waals surface area contributed by atoms with Crippen LogP contribution < -0.4 is 10.1 Å². The third-order valence-electron chi connectivity index (χ3n) is 5.74. The van der Waals surface area contributed by atoms with E-state index in [9.17, 15) is 9.59 Å². The Bertz CT molecular complexity index is 949. The number of carbonyl (C=O) groups excluding carboxylic acids is 2. The lowest BCUT2D eigenvalue weighted by Gasteiger charge is -2.44. The maximum absolute atomic E-state index is 12.7. The normalized spacial score (nSPS) is 17.8. The van der Waals surface area contributed by atoms with Gasteiger partial charge in [0.15, 0.2) is 5.78 Å². The van der Waals surface area contributed by atoms with E-state index >= 15 is 0 Å². The molecular formula is C22H23ClN2O3. The minimum Gasteiger partial charge on any atom is -0.486 e. The molecule has 1 fully saturated rings. The number of nitrogens with one attached hydrogen (secondary N) is 1. The molecular weight excluding hydrogens is 376 g/mol. The molecule has 0 radical (unpaired) electrons. The Kier molecular flexibility index (Phi) is 4.79. The van der Waals surface area contributed by atoms with E-state index in [-0.39, 0.29) is 11.8 Å². The molecule has 0 saturated carbocycles. The molecule has 0 aliphatic carbocycles. The number of benzene rings is 2. The van der Waals surface area contributed by atoms with Gasteiger partial charge < -0.3 is 15.0 Å². The lowest BCUT2D eigenvalue weighted by Crippen LogP contribution is -2.53. The van der Waals surface area contributed by atoms with Crippen molar-refractivity contribution < 1.29 is 14.3 Å². The second-order valence-corrected chi connectivity index (χ2v) is 8.18. The number of anilines is 1. The Morgan fingerprint density at radius 3 is 2.57 bits per heavy atom. The van der Waals surface area contributed by atoms with Gasteiger partial charge in [0.25, 0.3) is 0 Å². The van der Waals surface area contributed by atoms with Gasteiger partial charge >= 0.3 is 6.03 Å². The highest BCUT2D eigenvalue weighted by molar-refractivity contribution is 6.30. The lowest BCUT2D eigenvalue weighted by atomic mass is 9.82. The first-order chi connectivity index (χ1) is 13.3. The molecule has 2 aromatic carbocycles. The van der Waals surface area contributed by atoms with Gasteiger partial charge in [-0.25, -0.2) is 4.79 Å². The molecule has 2 heterocycles. The first kappa shape index (κ1) is 18.8. The molecule has 146 valence electrons. The molecule has 1 N–H and O–H groups in total. The van der Waals surface area contributed by atoms with Crippen molar-refractivity contribution in [1.29, 1.82) is 0 Å². The number of rotatable bonds is 1. The number of aryl methyl sites for hydroxylation is 2. The molecule has 2 aromatic rings. The van der Waals surface area contributed by atoms with Gasteiger partial charge in [0.2, 0.25) is 0 Å². The summed E-state index contributed by atoms with van der Waals surface area (Å²) < 4.78 is 6.33. The summed E-state index contributed by atoms with van der Waals surface area (Å²) in [7, 11) is 0. The summed E-state index contributed by atoms with van der Waals surface area (Å²) in [6.07, 6.45) is 1.63. The lowest BCUT2D eigenvalue weighted by molar-refractivity contribution is 0.000334. The number of Topliss-reactive ketones (excluding diaryl/α,β-unsaturated/α-hetero) is 1. The van der Waals surface area contributed by atoms with Crippen LogP contribution in [-0.4, -0.2) is 35.4 Å². The van der Waals surface area contributed by atoms with Crippen LogP contribution in [0.3, 0.4) is 0 Å². The fourth-order valence-corrected chi connectivity index (χ4v) is 4.10. The molecule has 4 rings (SSSR count). The molecule has 6 heteroatoms. The second-order valence-electron chi connectivity index (χ2n) is 7.75. The third kappa shape index (κ3) is 3.59. The monoisotopic (exact) mass is 398 g/mol. The van der Waals surface area contributed by atoms with E-state index in [1.165, 1.54) is 0 Å². The van der Waals surface area contributed by atoms with Crippen LogP contribution in [0.4, 0.5) is 10.5 Å². The van der Waals surface area contributed by atoms with Crippen LogP contribution in [0.2, 0.25) is 5.02 Å². The minimum absolute atomic E-state index is 0.126. The topological polar surface area (TPSA) is 58.6 Å². The van der Waals surface area contributed by atoms with Crippen LogP contribution >= 0.6 is 11.6 Å². The minimum atomic E-state index is -0.515. The number of carbonyl (C=O) groups is 2. The highest BCUT2D eigenvalue weighted by Crippen LogP contribution is 2.40. The van der Waals surface area contributed by atoms with Crippen molar-refractivity contribution in [3.8, 4) is 5.75 Å². The summed E-state index contributed by atoms with van der Waals surface area (Å²) >= 11 is 5.97. The quantitative estimate of drug-likeness (QED) is 0.736. The van der Waals surface area contributed by atoms with E-state index in [0.717, 1.165) is 11.1 Å². The van der Waals surface area contributed by atoms with Crippen LogP contribution in [0.15, 0.2) is 36.4 Å². The average Bonchev–Trinajstić information content (AvgIpc) is 2.64. The van der Waals surface area contributed by atoms with E-state index in [4.69, 9.17) is 16.3 Å². The number of urea groups is 1. The predicted octanol–water partition coefficient (Wildman–Crippen LogP) is 4.99. The number of ketones is 1. The number of fused-ring (bicyclic) bond motifs is 1. The molecule has 2 aliphatic rings. The smallest absolute Gasteiger partial charge is 0.321 e. The number of nitrogens with zero attached hydrogens (tertiary/aromatic N) is 1. The molecule has 1 saturated heterocycles. The summed E-state index contributed by atoms with van der Waals surface area (Å²) in [6.45, 7) is 5.11. The first-order valence-electron chi connectivity index (χ1n) is 9.50. The molecule has 2 amide bonds. The fourth-order valence-electron chi connectivity index (χ4n) is 3.91. The SMILES string of the molecule is Cc1cc2c(cc1C)C(=O)CC1(CCN(C(=O)Nc3cccc(Cl)c3)CC1)O2. The van der Waals surface area contributed by atoms with Crippen molar-refractivity contribution in [3.63, 3.8) is 0 Å². The van der Waals surface area contributed by atoms with Gasteiger partial charge in [-0.1, -0.05) is 17.7 Å². The highest BCUT2D eigenvalue weighted by atomic mass is 35.5. The molecule has 0 bridgehead atoms. The van der Waals surface area contributed by atoms with Gasteiger partial charge in [0.1, 0.15) is 11.4 Å². The van der Waals surface area contributed by atoms with E-state index in [2.05, 4.69) is 5.32 Å². The van der Waals surface area contributed by atoms with Crippen LogP contribution in [0.1, 0.15) is 40.7 Å². The standard InChI is InChI=1S/C22H23ClN2O3/c1-14-10-18-19(26)13-22(28-20(18)11-15(14)2)6-8-25(9-7-22)21(27)24-17-5-3-4-16(23)12-17/h3-5,10-12H,6-9,13H2,1-2H3,(H,24,27). The summed E-state index contributed by atoms with van der Waals surface area (Å²) in [4.78, 5) is 27.0. The summed E-state index contributed by atoms with van der Waals surface area (Å²) in [6, 6.07) is 10.8. The van der Waals surface area contributed by atoms with Crippen molar-refractivity contribution in [2.45, 2.75) is 38.7 Å². The van der Waals surface area contributed by atoms with Gasteiger partial charge in [0, 0.05) is 36.6 Å². The van der Waals surface area contributed by atoms with Gasteiger partial charge in [-0.3, -0.25) is 4.79 Å². The molecule has 0 aromatic heterocycles. The van der Waals surface area contributed by atoms with E-state index in [0.29, 0.717) is 54.4 Å². The fraction of sp³-hybridized carbons (Fsp3) is 0.364. The van der Waals surface area contributed by atoms with Gasteiger partial charge in [0.05, 0.1) is 12.0 Å². The number of halogens is 1. The Hall–Kier alpha value is -2.53. The van der Waals surface area contributed by atoms with Crippen molar-refractivity contribution in [3.05, 3.63) is 58.1 Å². The van der Waals surface area contributed by atoms with Crippen LogP contribution in [-0.2, 0) is 0 Å². The zero-order chi connectivity index (χ0) is 19.9. The Morgan fingerprint density at radius 2 is 1.86 bits per heavy atom. The first-order valence-corrected chi connectivity index (χ1v) is 9.88. The molecule has 28 heavy (non-hydrogen) atoms. The summed E-state index contributed by atoms with van der Waals surface area (Å²) in [5.41, 5.74) is 3.04. The van der Waals surface area contributed by atoms with Crippen molar-refractivity contribution in [2.24, 2.45) is 0 Å². The van der Waals surface area contributed by atoms with E-state index < -0.39 is 5.60 Å². The third-order valence-corrected chi connectivity index (χ3v) is 5.98. The van der Waals surface area contributed by atoms with Crippen LogP contribution in [0.5, 0.6) is 5.75 Å². The van der Waals surface area contributed by atoms with E-state index in [1.807, 2.05) is 26.0 Å². The molecule has 5 nitrogen and oxygen atoms in total. The molecule has 2 aliphatic heterocycles. The number of hydrogen-bond acceptors (Lipinski definition) is 3. The zero-order valence-electron chi connectivity index (χ0n) is 16.0. The number of likely N-dealkylation sites (tertiary alicyclic amines) is 1. The van der Waals surface area contributed by atoms with Gasteiger partial charge in [-0.2, -0.15) is 0 Å². The molecule has 0 atom stereocenters. The molecule has 0 unspecified atom stereocenters. The largest absolute Gasteiger partial charge is 0.486 e. The Balaban J connectivity index is 1.44. The van der Waals surface area contributed by atoms with Crippen LogP contribution in [0.25, 0.3) is 0 Å². The predicted molar refractivity (Wildman–Crippen MR) is 110 cm³/mol. The summed E-state index contributed by atoms with van der Waals surface area (Å²) in [5, 5.41) is 3.45. The maximum atomic E-state index is 12.7.